The third kappa shape index (κ3) is 4.55. The van der Waals surface area contributed by atoms with Crippen LogP contribution in [0.15, 0.2) is 41.3 Å². The minimum atomic E-state index is -3.94. The molecule has 134 valence electrons. The molecule has 0 spiro atoms. The van der Waals surface area contributed by atoms with E-state index in [9.17, 15) is 13.2 Å². The molecule has 2 aromatic carbocycles. The number of nitrogens with one attached hydrogen (secondary N) is 2. The van der Waals surface area contributed by atoms with Gasteiger partial charge in [-0.2, -0.15) is 0 Å². The van der Waals surface area contributed by atoms with Crippen LogP contribution in [0.4, 0.5) is 11.4 Å². The number of hydrogen-bond donors (Lipinski definition) is 2. The maximum Gasteiger partial charge on any atom is 0.262 e. The minimum Gasteiger partial charge on any atom is -0.495 e. The molecule has 0 aromatic heterocycles. The van der Waals surface area contributed by atoms with Crippen molar-refractivity contribution < 1.29 is 22.7 Å². The Morgan fingerprint density at radius 1 is 1.00 bits per heavy atom. The van der Waals surface area contributed by atoms with Crippen LogP contribution in [0.1, 0.15) is 6.92 Å². The monoisotopic (exact) mass is 384 g/mol. The minimum absolute atomic E-state index is 0.0564. The topological polar surface area (TPSA) is 93.7 Å². The van der Waals surface area contributed by atoms with E-state index < -0.39 is 10.0 Å². The molecule has 1 amide bonds. The first-order valence-corrected chi connectivity index (χ1v) is 8.95. The van der Waals surface area contributed by atoms with Gasteiger partial charge in [-0.05, 0) is 36.4 Å². The highest BCUT2D eigenvalue weighted by Gasteiger charge is 2.19. The predicted octanol–water partition coefficient (Wildman–Crippen LogP) is 3.12. The number of amides is 1. The van der Waals surface area contributed by atoms with E-state index in [2.05, 4.69) is 10.0 Å². The Balaban J connectivity index is 2.43. The largest absolute Gasteiger partial charge is 0.495 e. The number of ether oxygens (including phenoxy) is 2. The first-order valence-electron chi connectivity index (χ1n) is 7.09. The van der Waals surface area contributed by atoms with Crippen molar-refractivity contribution in [3.63, 3.8) is 0 Å². The van der Waals surface area contributed by atoms with Gasteiger partial charge in [0.2, 0.25) is 5.91 Å². The zero-order valence-electron chi connectivity index (χ0n) is 13.8. The quantitative estimate of drug-likeness (QED) is 0.798. The fraction of sp³-hybridized carbons (Fsp3) is 0.188. The van der Waals surface area contributed by atoms with Crippen molar-refractivity contribution in [1.29, 1.82) is 0 Å². The second-order valence-corrected chi connectivity index (χ2v) is 7.11. The molecule has 0 saturated heterocycles. The summed E-state index contributed by atoms with van der Waals surface area (Å²) in [6.07, 6.45) is 0. The maximum atomic E-state index is 12.7. The Bertz CT molecular complexity index is 899. The molecule has 2 rings (SSSR count). The van der Waals surface area contributed by atoms with Gasteiger partial charge in [-0.15, -0.1) is 0 Å². The van der Waals surface area contributed by atoms with E-state index in [-0.39, 0.29) is 22.2 Å². The summed E-state index contributed by atoms with van der Waals surface area (Å²) in [6.45, 7) is 1.32. The van der Waals surface area contributed by atoms with E-state index in [1.165, 1.54) is 45.4 Å². The van der Waals surface area contributed by atoms with E-state index in [4.69, 9.17) is 21.1 Å². The van der Waals surface area contributed by atoms with Gasteiger partial charge in [-0.25, -0.2) is 8.42 Å². The van der Waals surface area contributed by atoms with Gasteiger partial charge < -0.3 is 14.8 Å². The summed E-state index contributed by atoms with van der Waals surface area (Å²) >= 11 is 5.92. The Morgan fingerprint density at radius 2 is 1.60 bits per heavy atom. The van der Waals surface area contributed by atoms with Gasteiger partial charge in [0.15, 0.2) is 0 Å². The number of hydrogen-bond acceptors (Lipinski definition) is 5. The van der Waals surface area contributed by atoms with Gasteiger partial charge in [-0.1, -0.05) is 11.6 Å². The number of carbonyl (C=O) groups excluding carboxylic acids is 1. The lowest BCUT2D eigenvalue weighted by molar-refractivity contribution is -0.114. The number of sulfonamides is 1. The van der Waals surface area contributed by atoms with E-state index in [1.54, 1.807) is 12.1 Å². The third-order valence-corrected chi connectivity index (χ3v) is 4.80. The summed E-state index contributed by atoms with van der Waals surface area (Å²) in [6, 6.07) is 8.70. The molecule has 7 nitrogen and oxygen atoms in total. The average Bonchev–Trinajstić information content (AvgIpc) is 2.54. The van der Waals surface area contributed by atoms with E-state index >= 15 is 0 Å². The molecule has 0 saturated carbocycles. The van der Waals surface area contributed by atoms with Crippen LogP contribution in [0.5, 0.6) is 11.5 Å². The lowest BCUT2D eigenvalue weighted by atomic mass is 10.3. The van der Waals surface area contributed by atoms with Crippen LogP contribution in [0.3, 0.4) is 0 Å². The first kappa shape index (κ1) is 18.9. The molecule has 0 atom stereocenters. The van der Waals surface area contributed by atoms with Gasteiger partial charge in [0.25, 0.3) is 10.0 Å². The molecule has 25 heavy (non-hydrogen) atoms. The second kappa shape index (κ2) is 7.62. The van der Waals surface area contributed by atoms with E-state index in [1.807, 2.05) is 0 Å². The van der Waals surface area contributed by atoms with Crippen LogP contribution < -0.4 is 19.5 Å². The van der Waals surface area contributed by atoms with Crippen LogP contribution in [-0.2, 0) is 14.8 Å². The molecule has 0 aliphatic heterocycles. The Kier molecular flexibility index (Phi) is 5.76. The van der Waals surface area contributed by atoms with E-state index in [0.717, 1.165) is 0 Å². The maximum absolute atomic E-state index is 12.7. The fourth-order valence-electron chi connectivity index (χ4n) is 2.11. The number of halogens is 1. The first-order chi connectivity index (χ1) is 11.8. The SMILES string of the molecule is COc1ccc(S(=O)(=O)Nc2cc(Cl)ccc2OC)cc1NC(C)=O. The summed E-state index contributed by atoms with van der Waals surface area (Å²) in [4.78, 5) is 11.2. The molecule has 0 heterocycles. The molecule has 2 aromatic rings. The lowest BCUT2D eigenvalue weighted by Crippen LogP contribution is -2.15. The van der Waals surface area contributed by atoms with Crippen molar-refractivity contribution in [3.05, 3.63) is 41.4 Å². The van der Waals surface area contributed by atoms with Crippen LogP contribution >= 0.6 is 11.6 Å². The summed E-state index contributed by atoms with van der Waals surface area (Å²) in [5, 5.41) is 2.88. The zero-order chi connectivity index (χ0) is 18.6. The molecule has 0 aliphatic carbocycles. The van der Waals surface area contributed by atoms with Crippen molar-refractivity contribution in [2.75, 3.05) is 24.3 Å². The van der Waals surface area contributed by atoms with Crippen molar-refractivity contribution in [3.8, 4) is 11.5 Å². The Hall–Kier alpha value is -2.45. The number of rotatable bonds is 6. The van der Waals surface area contributed by atoms with Crippen LogP contribution in [0.25, 0.3) is 0 Å². The van der Waals surface area contributed by atoms with Gasteiger partial charge in [0.1, 0.15) is 11.5 Å². The smallest absolute Gasteiger partial charge is 0.262 e. The average molecular weight is 385 g/mol. The normalized spacial score (nSPS) is 10.9. The molecule has 0 unspecified atom stereocenters. The summed E-state index contributed by atoms with van der Waals surface area (Å²) < 4.78 is 38.0. The Morgan fingerprint density at radius 3 is 2.20 bits per heavy atom. The van der Waals surface area contributed by atoms with Crippen LogP contribution in [0, 0.1) is 0 Å². The van der Waals surface area contributed by atoms with Gasteiger partial charge in [-0.3, -0.25) is 9.52 Å². The summed E-state index contributed by atoms with van der Waals surface area (Å²) in [5.74, 6) is 0.315. The molecule has 0 fully saturated rings. The zero-order valence-corrected chi connectivity index (χ0v) is 15.4. The Labute approximate surface area is 151 Å². The van der Waals surface area contributed by atoms with Crippen LogP contribution in [0.2, 0.25) is 5.02 Å². The predicted molar refractivity (Wildman–Crippen MR) is 96.1 cm³/mol. The highest BCUT2D eigenvalue weighted by molar-refractivity contribution is 7.92. The standard InChI is InChI=1S/C16H17ClN2O5S/c1-10(20)18-13-9-12(5-7-15(13)23-2)25(21,22)19-14-8-11(17)4-6-16(14)24-3/h4-9,19H,1-3H3,(H,18,20). The van der Waals surface area contributed by atoms with Crippen molar-refractivity contribution in [1.82, 2.24) is 0 Å². The summed E-state index contributed by atoms with van der Waals surface area (Å²) in [7, 11) is -1.10. The van der Waals surface area contributed by atoms with Crippen LogP contribution in [-0.4, -0.2) is 28.5 Å². The third-order valence-electron chi connectivity index (χ3n) is 3.20. The number of methoxy groups -OCH3 is 2. The van der Waals surface area contributed by atoms with Gasteiger partial charge in [0, 0.05) is 11.9 Å². The number of anilines is 2. The molecule has 9 heteroatoms. The highest BCUT2D eigenvalue weighted by atomic mass is 35.5. The second-order valence-electron chi connectivity index (χ2n) is 4.99. The lowest BCUT2D eigenvalue weighted by Gasteiger charge is -2.14. The van der Waals surface area contributed by atoms with Crippen molar-refractivity contribution >= 4 is 38.9 Å². The van der Waals surface area contributed by atoms with Crippen molar-refractivity contribution in [2.45, 2.75) is 11.8 Å². The van der Waals surface area contributed by atoms with E-state index in [0.29, 0.717) is 16.5 Å². The highest BCUT2D eigenvalue weighted by Crippen LogP contribution is 2.32. The molecule has 2 N–H and O–H groups in total. The molecule has 0 radical (unpaired) electrons. The molecule has 0 bridgehead atoms. The fourth-order valence-corrected chi connectivity index (χ4v) is 3.36. The molecular weight excluding hydrogens is 368 g/mol. The summed E-state index contributed by atoms with van der Waals surface area (Å²) in [5.41, 5.74) is 0.447. The van der Waals surface area contributed by atoms with Crippen molar-refractivity contribution in [2.24, 2.45) is 0 Å². The van der Waals surface area contributed by atoms with Gasteiger partial charge in [0.05, 0.1) is 30.5 Å². The molecule has 0 aliphatic rings. The van der Waals surface area contributed by atoms with Gasteiger partial charge >= 0.3 is 0 Å². The number of benzene rings is 2. The molecular formula is C16H17ClN2O5S. The number of carbonyl (C=O) groups is 1.